The van der Waals surface area contributed by atoms with E-state index in [1.165, 1.54) is 0 Å². The Morgan fingerprint density at radius 2 is 1.96 bits per heavy atom. The predicted octanol–water partition coefficient (Wildman–Crippen LogP) is 3.88. The van der Waals surface area contributed by atoms with Crippen molar-refractivity contribution >= 4 is 34.9 Å². The van der Waals surface area contributed by atoms with Crippen LogP contribution < -0.4 is 24.8 Å². The first-order valence-electron chi connectivity index (χ1n) is 6.64. The molecule has 2 N–H and O–H groups in total. The molecule has 6 nitrogen and oxygen atoms in total. The molecule has 1 heterocycles. The highest BCUT2D eigenvalue weighted by molar-refractivity contribution is 6.35. The summed E-state index contributed by atoms with van der Waals surface area (Å²) in [4.78, 5) is 11.8. The molecule has 0 aromatic heterocycles. The molecule has 3 rings (SSSR count). The molecule has 1 aliphatic rings. The smallest absolute Gasteiger partial charge is 0.321 e. The van der Waals surface area contributed by atoms with Crippen molar-refractivity contribution in [2.45, 2.75) is 0 Å². The van der Waals surface area contributed by atoms with Crippen LogP contribution in [0.3, 0.4) is 0 Å². The van der Waals surface area contributed by atoms with Gasteiger partial charge >= 0.3 is 6.03 Å². The SMILES string of the molecule is O=C(NCOc1ccc(Cl)cc1Cl)Nc1ccc2c(c1)OCO2. The monoisotopic (exact) mass is 354 g/mol. The van der Waals surface area contributed by atoms with Gasteiger partial charge in [0.05, 0.1) is 5.02 Å². The van der Waals surface area contributed by atoms with Gasteiger partial charge in [0.15, 0.2) is 18.2 Å². The summed E-state index contributed by atoms with van der Waals surface area (Å²) in [5, 5.41) is 6.10. The van der Waals surface area contributed by atoms with Gasteiger partial charge in [0.1, 0.15) is 5.75 Å². The Morgan fingerprint density at radius 3 is 2.78 bits per heavy atom. The third-order valence-electron chi connectivity index (χ3n) is 2.98. The number of hydrogen-bond acceptors (Lipinski definition) is 4. The number of amides is 2. The Labute approximate surface area is 142 Å². The van der Waals surface area contributed by atoms with Crippen molar-refractivity contribution in [1.29, 1.82) is 0 Å². The zero-order chi connectivity index (χ0) is 16.2. The molecule has 2 aromatic carbocycles. The van der Waals surface area contributed by atoms with Crippen molar-refractivity contribution in [1.82, 2.24) is 5.32 Å². The molecule has 2 amide bonds. The summed E-state index contributed by atoms with van der Waals surface area (Å²) in [5.41, 5.74) is 0.580. The molecule has 8 heteroatoms. The summed E-state index contributed by atoms with van der Waals surface area (Å²) in [6.07, 6.45) is 0. The van der Waals surface area contributed by atoms with E-state index in [4.69, 9.17) is 37.4 Å². The Balaban J connectivity index is 1.50. The van der Waals surface area contributed by atoms with E-state index in [1.54, 1.807) is 36.4 Å². The molecule has 2 aromatic rings. The van der Waals surface area contributed by atoms with Gasteiger partial charge in [0, 0.05) is 16.8 Å². The van der Waals surface area contributed by atoms with Crippen molar-refractivity contribution in [3.05, 3.63) is 46.4 Å². The minimum absolute atomic E-state index is 0.0439. The molecular weight excluding hydrogens is 343 g/mol. The number of rotatable bonds is 4. The molecular formula is C15H12Cl2N2O4. The number of carbonyl (C=O) groups is 1. The maximum Gasteiger partial charge on any atom is 0.321 e. The summed E-state index contributed by atoms with van der Waals surface area (Å²) in [6.45, 7) is 0.137. The zero-order valence-corrected chi connectivity index (χ0v) is 13.3. The fraction of sp³-hybridized carbons (Fsp3) is 0.133. The first-order chi connectivity index (χ1) is 11.1. The van der Waals surface area contributed by atoms with Gasteiger partial charge in [-0.05, 0) is 30.3 Å². The highest BCUT2D eigenvalue weighted by atomic mass is 35.5. The van der Waals surface area contributed by atoms with Crippen molar-refractivity contribution < 1.29 is 19.0 Å². The second-order valence-corrected chi connectivity index (χ2v) is 5.41. The van der Waals surface area contributed by atoms with Crippen LogP contribution in [0.25, 0.3) is 0 Å². The normalized spacial score (nSPS) is 11.9. The lowest BCUT2D eigenvalue weighted by molar-refractivity contribution is 0.174. The van der Waals surface area contributed by atoms with Crippen LogP contribution in [-0.2, 0) is 0 Å². The molecule has 1 aliphatic heterocycles. The van der Waals surface area contributed by atoms with Gasteiger partial charge in [0.2, 0.25) is 6.79 Å². The van der Waals surface area contributed by atoms with Gasteiger partial charge < -0.3 is 24.8 Å². The van der Waals surface area contributed by atoms with E-state index in [2.05, 4.69) is 10.6 Å². The fourth-order valence-electron chi connectivity index (χ4n) is 1.92. The molecule has 0 spiro atoms. The predicted molar refractivity (Wildman–Crippen MR) is 86.7 cm³/mol. The van der Waals surface area contributed by atoms with Gasteiger partial charge in [-0.25, -0.2) is 4.79 Å². The molecule has 0 aliphatic carbocycles. The van der Waals surface area contributed by atoms with Crippen molar-refractivity contribution in [2.24, 2.45) is 0 Å². The Bertz CT molecular complexity index is 739. The molecule has 0 saturated carbocycles. The maximum absolute atomic E-state index is 11.8. The molecule has 0 atom stereocenters. The minimum atomic E-state index is -0.422. The van der Waals surface area contributed by atoms with Crippen LogP contribution in [0, 0.1) is 0 Å². The van der Waals surface area contributed by atoms with E-state index < -0.39 is 6.03 Å². The van der Waals surface area contributed by atoms with E-state index in [-0.39, 0.29) is 13.5 Å². The number of halogens is 2. The molecule has 0 radical (unpaired) electrons. The Morgan fingerprint density at radius 1 is 1.13 bits per heavy atom. The van der Waals surface area contributed by atoms with E-state index >= 15 is 0 Å². The van der Waals surface area contributed by atoms with Gasteiger partial charge in [-0.15, -0.1) is 0 Å². The van der Waals surface area contributed by atoms with Crippen LogP contribution in [-0.4, -0.2) is 19.6 Å². The number of nitrogens with one attached hydrogen (secondary N) is 2. The summed E-state index contributed by atoms with van der Waals surface area (Å²) in [6, 6.07) is 9.53. The third-order valence-corrected chi connectivity index (χ3v) is 3.52. The summed E-state index contributed by atoms with van der Waals surface area (Å²) in [5.74, 6) is 1.67. The maximum atomic E-state index is 11.8. The van der Waals surface area contributed by atoms with Gasteiger partial charge in [-0.1, -0.05) is 23.2 Å². The minimum Gasteiger partial charge on any atom is -0.472 e. The number of ether oxygens (including phenoxy) is 3. The second-order valence-electron chi connectivity index (χ2n) is 4.56. The highest BCUT2D eigenvalue weighted by Crippen LogP contribution is 2.34. The number of benzene rings is 2. The van der Waals surface area contributed by atoms with Crippen molar-refractivity contribution in [3.8, 4) is 17.2 Å². The lowest BCUT2D eigenvalue weighted by Crippen LogP contribution is -2.32. The van der Waals surface area contributed by atoms with Crippen LogP contribution in [0.5, 0.6) is 17.2 Å². The Kier molecular flexibility index (Phi) is 4.64. The number of hydrogen-bond donors (Lipinski definition) is 2. The van der Waals surface area contributed by atoms with Crippen molar-refractivity contribution in [2.75, 3.05) is 18.8 Å². The number of carbonyl (C=O) groups excluding carboxylic acids is 1. The molecule has 0 fully saturated rings. The topological polar surface area (TPSA) is 68.8 Å². The average molecular weight is 355 g/mol. The fourth-order valence-corrected chi connectivity index (χ4v) is 2.38. The summed E-state index contributed by atoms with van der Waals surface area (Å²) >= 11 is 11.8. The van der Waals surface area contributed by atoms with Crippen LogP contribution in [0.15, 0.2) is 36.4 Å². The van der Waals surface area contributed by atoms with Crippen LogP contribution >= 0.6 is 23.2 Å². The standard InChI is InChI=1S/C15H12Cl2N2O4/c16-9-1-3-12(11(17)5-9)21-7-18-15(20)19-10-2-4-13-14(6-10)23-8-22-13/h1-6H,7-8H2,(H2,18,19,20). The summed E-state index contributed by atoms with van der Waals surface area (Å²) < 4.78 is 15.8. The molecule has 120 valence electrons. The van der Waals surface area contributed by atoms with Crippen LogP contribution in [0.1, 0.15) is 0 Å². The second kappa shape index (κ2) is 6.85. The molecule has 0 saturated heterocycles. The lowest BCUT2D eigenvalue weighted by Gasteiger charge is -2.11. The number of urea groups is 1. The first kappa shape index (κ1) is 15.6. The molecule has 23 heavy (non-hydrogen) atoms. The first-order valence-corrected chi connectivity index (χ1v) is 7.40. The molecule has 0 bridgehead atoms. The van der Waals surface area contributed by atoms with Gasteiger partial charge in [-0.3, -0.25) is 0 Å². The van der Waals surface area contributed by atoms with Gasteiger partial charge in [-0.2, -0.15) is 0 Å². The molecule has 0 unspecified atom stereocenters. The number of fused-ring (bicyclic) bond motifs is 1. The van der Waals surface area contributed by atoms with Crippen LogP contribution in [0.2, 0.25) is 10.0 Å². The van der Waals surface area contributed by atoms with E-state index in [0.717, 1.165) is 0 Å². The zero-order valence-electron chi connectivity index (χ0n) is 11.8. The van der Waals surface area contributed by atoms with E-state index in [0.29, 0.717) is 33.0 Å². The van der Waals surface area contributed by atoms with E-state index in [9.17, 15) is 4.79 Å². The van der Waals surface area contributed by atoms with Gasteiger partial charge in [0.25, 0.3) is 0 Å². The van der Waals surface area contributed by atoms with E-state index in [1.807, 2.05) is 0 Å². The third kappa shape index (κ3) is 3.91. The van der Waals surface area contributed by atoms with Crippen molar-refractivity contribution in [3.63, 3.8) is 0 Å². The summed E-state index contributed by atoms with van der Waals surface area (Å²) in [7, 11) is 0. The largest absolute Gasteiger partial charge is 0.472 e. The quantitative estimate of drug-likeness (QED) is 0.817. The highest BCUT2D eigenvalue weighted by Gasteiger charge is 2.14. The lowest BCUT2D eigenvalue weighted by atomic mass is 10.3. The van der Waals surface area contributed by atoms with Crippen LogP contribution in [0.4, 0.5) is 10.5 Å². The average Bonchev–Trinajstić information content (AvgIpc) is 2.97. The number of anilines is 1. The Hall–Kier alpha value is -2.31.